The normalized spacial score (nSPS) is 16.2. The number of hydrogen-bond acceptors (Lipinski definition) is 4. The molecule has 20 heavy (non-hydrogen) atoms. The Morgan fingerprint density at radius 1 is 1.20 bits per heavy atom. The zero-order valence-corrected chi connectivity index (χ0v) is 12.0. The highest BCUT2D eigenvalue weighted by molar-refractivity contribution is 5.96. The summed E-state index contributed by atoms with van der Waals surface area (Å²) in [6.07, 6.45) is 0.510. The molecule has 0 bridgehead atoms. The summed E-state index contributed by atoms with van der Waals surface area (Å²) in [5.41, 5.74) is 2.09. The van der Waals surface area contributed by atoms with Gasteiger partial charge in [-0.05, 0) is 33.6 Å². The molecule has 1 aromatic rings. The Morgan fingerprint density at radius 3 is 2.30 bits per heavy atom. The summed E-state index contributed by atoms with van der Waals surface area (Å²) >= 11 is 0. The van der Waals surface area contributed by atoms with Gasteiger partial charge in [0.25, 0.3) is 0 Å². The molecule has 1 aliphatic rings. The van der Waals surface area contributed by atoms with Crippen LogP contribution in [0.25, 0.3) is 0 Å². The van der Waals surface area contributed by atoms with Crippen molar-refractivity contribution in [3.05, 3.63) is 22.8 Å². The van der Waals surface area contributed by atoms with Crippen LogP contribution in [0.3, 0.4) is 0 Å². The molecule has 0 aromatic carbocycles. The van der Waals surface area contributed by atoms with Crippen molar-refractivity contribution in [3.8, 4) is 0 Å². The zero-order chi connectivity index (χ0) is 14.9. The fourth-order valence-corrected chi connectivity index (χ4v) is 2.81. The molecule has 1 fully saturated rings. The van der Waals surface area contributed by atoms with Gasteiger partial charge in [-0.25, -0.2) is 14.8 Å². The SMILES string of the molecule is CC(=O)c1c(C)nc(C)nc1C1CCN(C(=O)O)CC1. The highest BCUT2D eigenvalue weighted by Gasteiger charge is 2.28. The maximum atomic E-state index is 11.8. The number of Topliss-reactive ketones (excluding diaryl/α,β-unsaturated/α-hetero) is 1. The van der Waals surface area contributed by atoms with E-state index in [1.165, 1.54) is 11.8 Å². The number of piperidine rings is 1. The predicted octanol–water partition coefficient (Wildman–Crippen LogP) is 2.15. The van der Waals surface area contributed by atoms with Crippen molar-refractivity contribution < 1.29 is 14.7 Å². The van der Waals surface area contributed by atoms with Gasteiger partial charge in [-0.2, -0.15) is 0 Å². The lowest BCUT2D eigenvalue weighted by Crippen LogP contribution is -2.37. The lowest BCUT2D eigenvalue weighted by molar-refractivity contribution is 0.101. The summed E-state index contributed by atoms with van der Waals surface area (Å²) in [6.45, 7) is 6.13. The monoisotopic (exact) mass is 277 g/mol. The Bertz CT molecular complexity index is 549. The molecule has 0 spiro atoms. The Morgan fingerprint density at radius 2 is 1.80 bits per heavy atom. The summed E-state index contributed by atoms with van der Waals surface area (Å²) in [6, 6.07) is 0. The van der Waals surface area contributed by atoms with E-state index in [9.17, 15) is 9.59 Å². The highest BCUT2D eigenvalue weighted by atomic mass is 16.4. The van der Waals surface area contributed by atoms with Crippen molar-refractivity contribution in [3.63, 3.8) is 0 Å². The molecular weight excluding hydrogens is 258 g/mol. The molecule has 0 aliphatic carbocycles. The minimum atomic E-state index is -0.884. The quantitative estimate of drug-likeness (QED) is 0.837. The van der Waals surface area contributed by atoms with Crippen LogP contribution < -0.4 is 0 Å². The van der Waals surface area contributed by atoms with Crippen molar-refractivity contribution in [1.29, 1.82) is 0 Å². The number of amides is 1. The first-order valence-corrected chi connectivity index (χ1v) is 6.74. The van der Waals surface area contributed by atoms with Crippen LogP contribution in [0.15, 0.2) is 0 Å². The van der Waals surface area contributed by atoms with Crippen molar-refractivity contribution >= 4 is 11.9 Å². The first-order chi connectivity index (χ1) is 9.40. The molecule has 1 saturated heterocycles. The Hall–Kier alpha value is -1.98. The minimum absolute atomic E-state index is 0.0295. The number of aryl methyl sites for hydroxylation is 2. The number of likely N-dealkylation sites (tertiary alicyclic amines) is 1. The highest BCUT2D eigenvalue weighted by Crippen LogP contribution is 2.30. The van der Waals surface area contributed by atoms with Crippen LogP contribution in [0.4, 0.5) is 4.79 Å². The second-order valence-corrected chi connectivity index (χ2v) is 5.22. The van der Waals surface area contributed by atoms with Crippen LogP contribution in [-0.4, -0.2) is 44.9 Å². The second kappa shape index (κ2) is 5.56. The molecule has 1 amide bonds. The van der Waals surface area contributed by atoms with E-state index in [2.05, 4.69) is 9.97 Å². The van der Waals surface area contributed by atoms with Gasteiger partial charge in [-0.3, -0.25) is 4.79 Å². The van der Waals surface area contributed by atoms with E-state index in [4.69, 9.17) is 5.11 Å². The first kappa shape index (κ1) is 14.4. The molecule has 1 aliphatic heterocycles. The molecule has 1 N–H and O–H groups in total. The van der Waals surface area contributed by atoms with E-state index in [0.29, 0.717) is 43.0 Å². The van der Waals surface area contributed by atoms with E-state index in [-0.39, 0.29) is 11.7 Å². The van der Waals surface area contributed by atoms with E-state index in [0.717, 1.165) is 5.69 Å². The molecule has 2 rings (SSSR count). The van der Waals surface area contributed by atoms with E-state index in [1.807, 2.05) is 13.8 Å². The second-order valence-electron chi connectivity index (χ2n) is 5.22. The van der Waals surface area contributed by atoms with Crippen molar-refractivity contribution in [2.75, 3.05) is 13.1 Å². The smallest absolute Gasteiger partial charge is 0.407 e. The van der Waals surface area contributed by atoms with Gasteiger partial charge in [0.05, 0.1) is 17.0 Å². The van der Waals surface area contributed by atoms with Crippen molar-refractivity contribution in [1.82, 2.24) is 14.9 Å². The lowest BCUT2D eigenvalue weighted by Gasteiger charge is -2.30. The van der Waals surface area contributed by atoms with Crippen molar-refractivity contribution in [2.45, 2.75) is 39.5 Å². The van der Waals surface area contributed by atoms with Gasteiger partial charge in [0.2, 0.25) is 0 Å². The van der Waals surface area contributed by atoms with Crippen LogP contribution in [0.1, 0.15) is 53.3 Å². The number of ketones is 1. The van der Waals surface area contributed by atoms with Crippen molar-refractivity contribution in [2.24, 2.45) is 0 Å². The molecule has 108 valence electrons. The number of carbonyl (C=O) groups is 2. The summed E-state index contributed by atoms with van der Waals surface area (Å²) < 4.78 is 0. The van der Waals surface area contributed by atoms with Gasteiger partial charge >= 0.3 is 6.09 Å². The lowest BCUT2D eigenvalue weighted by atomic mass is 9.89. The maximum absolute atomic E-state index is 11.8. The average molecular weight is 277 g/mol. The summed E-state index contributed by atoms with van der Waals surface area (Å²) in [4.78, 5) is 32.9. The molecule has 0 atom stereocenters. The minimum Gasteiger partial charge on any atom is -0.465 e. The average Bonchev–Trinajstić information content (AvgIpc) is 2.37. The third-order valence-corrected chi connectivity index (χ3v) is 3.73. The van der Waals surface area contributed by atoms with Gasteiger partial charge in [0.15, 0.2) is 5.78 Å². The maximum Gasteiger partial charge on any atom is 0.407 e. The van der Waals surface area contributed by atoms with E-state index < -0.39 is 6.09 Å². The van der Waals surface area contributed by atoms with Crippen LogP contribution in [0.5, 0.6) is 0 Å². The predicted molar refractivity (Wildman–Crippen MR) is 73.1 cm³/mol. The molecule has 2 heterocycles. The standard InChI is InChI=1S/C14H19N3O3/c1-8-12(9(2)18)13(16-10(3)15-8)11-4-6-17(7-5-11)14(19)20/h11H,4-7H2,1-3H3,(H,19,20). The number of carbonyl (C=O) groups excluding carboxylic acids is 1. The Kier molecular flexibility index (Phi) is 4.01. The fraction of sp³-hybridized carbons (Fsp3) is 0.571. The molecule has 1 aromatic heterocycles. The molecule has 6 nitrogen and oxygen atoms in total. The topological polar surface area (TPSA) is 83.4 Å². The molecule has 0 radical (unpaired) electrons. The van der Waals surface area contributed by atoms with Gasteiger partial charge in [0, 0.05) is 19.0 Å². The number of carboxylic acid groups (broad SMARTS) is 1. The number of nitrogens with zero attached hydrogens (tertiary/aromatic N) is 3. The first-order valence-electron chi connectivity index (χ1n) is 6.74. The summed E-state index contributed by atoms with van der Waals surface area (Å²) in [5.74, 6) is 0.756. The van der Waals surface area contributed by atoms with Gasteiger partial charge in [0.1, 0.15) is 5.82 Å². The summed E-state index contributed by atoms with van der Waals surface area (Å²) in [5, 5.41) is 8.97. The van der Waals surface area contributed by atoms with Crippen LogP contribution in [0.2, 0.25) is 0 Å². The number of rotatable bonds is 2. The number of hydrogen-bond donors (Lipinski definition) is 1. The van der Waals surface area contributed by atoms with Gasteiger partial charge in [-0.15, -0.1) is 0 Å². The van der Waals surface area contributed by atoms with E-state index >= 15 is 0 Å². The van der Waals surface area contributed by atoms with Crippen LogP contribution in [-0.2, 0) is 0 Å². The molecular formula is C14H19N3O3. The molecule has 0 saturated carbocycles. The Labute approximate surface area is 117 Å². The van der Waals surface area contributed by atoms with Gasteiger partial charge < -0.3 is 10.0 Å². The molecule has 6 heteroatoms. The fourth-order valence-electron chi connectivity index (χ4n) is 2.81. The van der Waals surface area contributed by atoms with E-state index in [1.54, 1.807) is 0 Å². The zero-order valence-electron chi connectivity index (χ0n) is 12.0. The third-order valence-electron chi connectivity index (χ3n) is 3.73. The largest absolute Gasteiger partial charge is 0.465 e. The van der Waals surface area contributed by atoms with Crippen LogP contribution >= 0.6 is 0 Å². The third kappa shape index (κ3) is 2.79. The van der Waals surface area contributed by atoms with Gasteiger partial charge in [-0.1, -0.05) is 0 Å². The molecule has 0 unspecified atom stereocenters. The summed E-state index contributed by atoms with van der Waals surface area (Å²) in [7, 11) is 0. The Balaban J connectivity index is 2.30. The number of aromatic nitrogens is 2. The van der Waals surface area contributed by atoms with Crippen LogP contribution in [0, 0.1) is 13.8 Å².